The molecule has 0 N–H and O–H groups in total. The highest BCUT2D eigenvalue weighted by molar-refractivity contribution is 6.32. The van der Waals surface area contributed by atoms with Gasteiger partial charge in [-0.25, -0.2) is 0 Å². The SMILES string of the molecule is CCCCCCCCn1c(=O)c2ccc3c4ccc5c(=O)n(CCCCCCCC)c(=O)c6ccc(c4c56)n(CCCCCCCC)c4ccc(c1=O)c2c34. The zero-order valence-electron chi connectivity index (χ0n) is 33.4. The van der Waals surface area contributed by atoms with Crippen LogP contribution in [0.3, 0.4) is 0 Å². The Morgan fingerprint density at radius 3 is 0.927 bits per heavy atom. The third-order valence-corrected chi connectivity index (χ3v) is 12.3. The Morgan fingerprint density at radius 2 is 0.582 bits per heavy atom. The average molecular weight is 742 g/mol. The first-order valence-electron chi connectivity index (χ1n) is 21.6. The molecule has 0 amide bonds. The van der Waals surface area contributed by atoms with Gasteiger partial charge in [0.05, 0.1) is 0 Å². The molecule has 0 bridgehead atoms. The predicted octanol–water partition coefficient (Wildman–Crippen LogP) is 11.4. The molecule has 0 unspecified atom stereocenters. The van der Waals surface area contributed by atoms with E-state index in [4.69, 9.17) is 0 Å². The molecule has 7 heteroatoms. The van der Waals surface area contributed by atoms with Gasteiger partial charge in [0.1, 0.15) is 0 Å². The van der Waals surface area contributed by atoms with E-state index in [0.717, 1.165) is 90.5 Å². The van der Waals surface area contributed by atoms with Crippen molar-refractivity contribution in [2.45, 2.75) is 156 Å². The molecule has 7 nitrogen and oxygen atoms in total. The fourth-order valence-electron chi connectivity index (χ4n) is 9.26. The summed E-state index contributed by atoms with van der Waals surface area (Å²) in [6.45, 7) is 8.22. The number of hydrogen-bond acceptors (Lipinski definition) is 4. The van der Waals surface area contributed by atoms with E-state index in [1.165, 1.54) is 73.3 Å². The molecule has 0 aliphatic carbocycles. The van der Waals surface area contributed by atoms with Crippen LogP contribution in [0.15, 0.2) is 67.7 Å². The second-order valence-electron chi connectivity index (χ2n) is 16.1. The van der Waals surface area contributed by atoms with Crippen LogP contribution in [0, 0.1) is 0 Å². The lowest BCUT2D eigenvalue weighted by Crippen LogP contribution is -2.33. The maximum absolute atomic E-state index is 14.2. The molecule has 0 fully saturated rings. The third kappa shape index (κ3) is 7.32. The summed E-state index contributed by atoms with van der Waals surface area (Å²) in [5.41, 5.74) is 1.02. The number of aromatic nitrogens is 3. The Hall–Kier alpha value is -4.52. The van der Waals surface area contributed by atoms with Crippen molar-refractivity contribution in [2.75, 3.05) is 0 Å². The standard InChI is InChI=1S/C48H59N3O4/c1-4-7-10-13-16-19-30-49-39-28-26-37-41-35(45(52)50(47(37)54)31-20-17-14-11-8-5-2)24-22-33(43(39)41)34-23-25-36-42-38(27-29-40(49)44(34)42)48(55)51(46(36)53)32-21-18-15-12-9-6-3/h22-29H,4-21,30-32H2,1-3H3. The van der Waals surface area contributed by atoms with Crippen LogP contribution in [0.4, 0.5) is 0 Å². The first kappa shape index (κ1) is 38.7. The summed E-state index contributed by atoms with van der Waals surface area (Å²) in [5.74, 6) is 0. The van der Waals surface area contributed by atoms with Crippen molar-refractivity contribution in [1.82, 2.24) is 13.7 Å². The fraction of sp³-hybridized carbons (Fsp3) is 0.500. The van der Waals surface area contributed by atoms with Crippen molar-refractivity contribution in [3.8, 4) is 0 Å². The summed E-state index contributed by atoms with van der Waals surface area (Å²) < 4.78 is 5.25. The second-order valence-corrected chi connectivity index (χ2v) is 16.1. The fourth-order valence-corrected chi connectivity index (χ4v) is 9.26. The number of hydrogen-bond donors (Lipinski definition) is 0. The Labute approximate surface area is 323 Å². The first-order valence-corrected chi connectivity index (χ1v) is 21.6. The van der Waals surface area contributed by atoms with E-state index >= 15 is 0 Å². The van der Waals surface area contributed by atoms with Crippen molar-refractivity contribution in [3.63, 3.8) is 0 Å². The van der Waals surface area contributed by atoms with Gasteiger partial charge >= 0.3 is 0 Å². The Kier molecular flexibility index (Phi) is 12.3. The number of pyridine rings is 2. The molecule has 290 valence electrons. The molecule has 0 saturated heterocycles. The summed E-state index contributed by atoms with van der Waals surface area (Å²) in [6, 6.07) is 15.8. The molecular weight excluding hydrogens is 683 g/mol. The third-order valence-electron chi connectivity index (χ3n) is 12.3. The van der Waals surface area contributed by atoms with Gasteiger partial charge < -0.3 is 4.57 Å². The molecule has 4 aromatic carbocycles. The van der Waals surface area contributed by atoms with Crippen molar-refractivity contribution >= 4 is 64.9 Å². The van der Waals surface area contributed by atoms with Gasteiger partial charge in [0, 0.05) is 73.8 Å². The van der Waals surface area contributed by atoms with Crippen LogP contribution < -0.4 is 22.2 Å². The zero-order valence-corrected chi connectivity index (χ0v) is 33.4. The number of benzene rings is 4. The van der Waals surface area contributed by atoms with Crippen LogP contribution >= 0.6 is 0 Å². The summed E-state index contributed by atoms with van der Waals surface area (Å²) in [4.78, 5) is 56.7. The van der Waals surface area contributed by atoms with Crippen molar-refractivity contribution in [3.05, 3.63) is 89.9 Å². The number of unbranched alkanes of at least 4 members (excludes halogenated alkanes) is 15. The van der Waals surface area contributed by atoms with E-state index in [1.54, 1.807) is 0 Å². The van der Waals surface area contributed by atoms with Crippen LogP contribution in [-0.4, -0.2) is 13.7 Å². The van der Waals surface area contributed by atoms with Crippen LogP contribution in [0.25, 0.3) is 64.9 Å². The largest absolute Gasteiger partial charge is 0.340 e. The number of aryl methyl sites for hydroxylation is 1. The van der Waals surface area contributed by atoms with E-state index < -0.39 is 0 Å². The molecule has 0 radical (unpaired) electrons. The second kappa shape index (κ2) is 17.5. The van der Waals surface area contributed by atoms with E-state index in [1.807, 2.05) is 36.4 Å². The minimum Gasteiger partial charge on any atom is -0.340 e. The monoisotopic (exact) mass is 741 g/mol. The molecule has 0 atom stereocenters. The lowest BCUT2D eigenvalue weighted by molar-refractivity contribution is 0.545. The average Bonchev–Trinajstić information content (AvgIpc) is 3.31. The van der Waals surface area contributed by atoms with Crippen LogP contribution in [0.1, 0.15) is 136 Å². The number of nitrogens with zero attached hydrogens (tertiary/aromatic N) is 3. The van der Waals surface area contributed by atoms with Crippen molar-refractivity contribution in [1.29, 1.82) is 0 Å². The molecule has 3 heterocycles. The van der Waals surface area contributed by atoms with E-state index in [2.05, 4.69) is 37.5 Å². The lowest BCUT2D eigenvalue weighted by atomic mass is 9.94. The lowest BCUT2D eigenvalue weighted by Gasteiger charge is -2.16. The molecule has 0 aliphatic rings. The summed E-state index contributed by atoms with van der Waals surface area (Å²) >= 11 is 0. The van der Waals surface area contributed by atoms with Gasteiger partial charge in [0.15, 0.2) is 0 Å². The highest BCUT2D eigenvalue weighted by Gasteiger charge is 2.23. The van der Waals surface area contributed by atoms with E-state index in [-0.39, 0.29) is 22.2 Å². The minimum atomic E-state index is -0.224. The molecule has 7 rings (SSSR count). The highest BCUT2D eigenvalue weighted by atomic mass is 16.2. The Bertz CT molecular complexity index is 2420. The topological polar surface area (TPSA) is 83.1 Å². The normalized spacial score (nSPS) is 12.3. The first-order chi connectivity index (χ1) is 26.9. The van der Waals surface area contributed by atoms with Gasteiger partial charge in [-0.2, -0.15) is 0 Å². The molecule has 55 heavy (non-hydrogen) atoms. The molecule has 0 aliphatic heterocycles. The highest BCUT2D eigenvalue weighted by Crippen LogP contribution is 2.40. The van der Waals surface area contributed by atoms with E-state index in [0.29, 0.717) is 45.4 Å². The van der Waals surface area contributed by atoms with Crippen molar-refractivity contribution < 1.29 is 0 Å². The van der Waals surface area contributed by atoms with Gasteiger partial charge in [0.2, 0.25) is 0 Å². The van der Waals surface area contributed by atoms with Crippen molar-refractivity contribution in [2.24, 2.45) is 0 Å². The van der Waals surface area contributed by atoms with Gasteiger partial charge in [-0.1, -0.05) is 129 Å². The van der Waals surface area contributed by atoms with Gasteiger partial charge in [-0.15, -0.1) is 0 Å². The zero-order chi connectivity index (χ0) is 38.5. The summed E-state index contributed by atoms with van der Waals surface area (Å²) in [7, 11) is 0. The van der Waals surface area contributed by atoms with Gasteiger partial charge in [-0.05, 0) is 66.4 Å². The summed E-state index contributed by atoms with van der Waals surface area (Å²) in [6.07, 6.45) is 19.8. The van der Waals surface area contributed by atoms with Gasteiger partial charge in [-0.3, -0.25) is 28.3 Å². The predicted molar refractivity (Wildman–Crippen MR) is 233 cm³/mol. The molecule has 3 aromatic heterocycles. The van der Waals surface area contributed by atoms with Gasteiger partial charge in [0.25, 0.3) is 22.2 Å². The van der Waals surface area contributed by atoms with Crippen LogP contribution in [-0.2, 0) is 19.6 Å². The number of fused-ring (bicyclic) bond motifs is 1. The minimum absolute atomic E-state index is 0.224. The smallest absolute Gasteiger partial charge is 0.261 e. The molecule has 7 aromatic rings. The summed E-state index contributed by atoms with van der Waals surface area (Å²) in [5, 5.41) is 7.33. The molecule has 0 saturated carbocycles. The Morgan fingerprint density at radius 1 is 0.309 bits per heavy atom. The van der Waals surface area contributed by atoms with Crippen LogP contribution in [0.2, 0.25) is 0 Å². The maximum Gasteiger partial charge on any atom is 0.261 e. The van der Waals surface area contributed by atoms with E-state index in [9.17, 15) is 19.2 Å². The molecule has 0 spiro atoms. The Balaban J connectivity index is 1.44. The van der Waals surface area contributed by atoms with Crippen LogP contribution in [0.5, 0.6) is 0 Å². The maximum atomic E-state index is 14.2. The quantitative estimate of drug-likeness (QED) is 0.0687. The molecular formula is C48H59N3O4. The number of rotatable bonds is 21.